The third-order valence-electron chi connectivity index (χ3n) is 4.13. The highest BCUT2D eigenvalue weighted by Crippen LogP contribution is 2.50. The average Bonchev–Trinajstić information content (AvgIpc) is 2.86. The Kier molecular flexibility index (Phi) is 4.25. The lowest BCUT2D eigenvalue weighted by atomic mass is 9.79. The van der Waals surface area contributed by atoms with Gasteiger partial charge in [0.05, 0.1) is 23.7 Å². The van der Waals surface area contributed by atoms with Gasteiger partial charge in [0.2, 0.25) is 0 Å². The third kappa shape index (κ3) is 2.36. The second kappa shape index (κ2) is 6.09. The number of methoxy groups -OCH3 is 1. The Morgan fingerprint density at radius 1 is 1.17 bits per heavy atom. The van der Waals surface area contributed by atoms with E-state index >= 15 is 0 Å². The van der Waals surface area contributed by atoms with E-state index in [4.69, 9.17) is 27.9 Å². The van der Waals surface area contributed by atoms with E-state index in [1.54, 1.807) is 24.3 Å². The summed E-state index contributed by atoms with van der Waals surface area (Å²) in [7, 11) is 1.52. The normalized spacial score (nSPS) is 20.2. The minimum atomic E-state index is -2.15. The number of rotatable bonds is 4. The second-order valence-corrected chi connectivity index (χ2v) is 6.20. The molecule has 2 unspecified atom stereocenters. The molecular formula is C17H13Cl2NO4. The van der Waals surface area contributed by atoms with E-state index in [0.717, 1.165) is 0 Å². The molecule has 0 aliphatic carbocycles. The summed E-state index contributed by atoms with van der Waals surface area (Å²) in [6.07, 6.45) is 0.522. The van der Waals surface area contributed by atoms with Crippen LogP contribution in [0.4, 0.5) is 5.69 Å². The van der Waals surface area contributed by atoms with E-state index in [1.165, 1.54) is 19.2 Å². The lowest BCUT2D eigenvalue weighted by Crippen LogP contribution is -2.41. The maximum atomic E-state index is 12.5. The fourth-order valence-corrected chi connectivity index (χ4v) is 3.40. The molecule has 2 aromatic carbocycles. The number of benzene rings is 2. The van der Waals surface area contributed by atoms with Crippen LogP contribution < -0.4 is 10.1 Å². The quantitative estimate of drug-likeness (QED) is 0.816. The average molecular weight is 366 g/mol. The molecule has 0 spiro atoms. The molecule has 1 heterocycles. The molecule has 2 atom stereocenters. The van der Waals surface area contributed by atoms with Gasteiger partial charge < -0.3 is 20.0 Å². The van der Waals surface area contributed by atoms with Crippen molar-refractivity contribution in [2.24, 2.45) is 0 Å². The summed E-state index contributed by atoms with van der Waals surface area (Å²) < 4.78 is 5.08. The fourth-order valence-electron chi connectivity index (χ4n) is 2.90. The van der Waals surface area contributed by atoms with E-state index in [-0.39, 0.29) is 21.3 Å². The molecule has 0 saturated carbocycles. The summed E-state index contributed by atoms with van der Waals surface area (Å²) in [4.78, 5) is 24.2. The zero-order valence-electron chi connectivity index (χ0n) is 12.5. The first-order valence-corrected chi connectivity index (χ1v) is 7.80. The van der Waals surface area contributed by atoms with Gasteiger partial charge in [0.15, 0.2) is 5.60 Å². The van der Waals surface area contributed by atoms with Crippen molar-refractivity contribution in [2.75, 3.05) is 12.4 Å². The highest BCUT2D eigenvalue weighted by Gasteiger charge is 2.53. The molecule has 2 aromatic rings. The summed E-state index contributed by atoms with van der Waals surface area (Å²) >= 11 is 12.3. The number of carbonyl (C=O) groups excluding carboxylic acids is 2. The molecule has 0 bridgehead atoms. The smallest absolute Gasteiger partial charge is 0.262 e. The fraction of sp³-hybridized carbons (Fsp3) is 0.176. The van der Waals surface area contributed by atoms with Gasteiger partial charge >= 0.3 is 0 Å². The van der Waals surface area contributed by atoms with Gasteiger partial charge in [-0.1, -0.05) is 35.3 Å². The minimum Gasteiger partial charge on any atom is -0.497 e. The van der Waals surface area contributed by atoms with Crippen molar-refractivity contribution in [3.05, 3.63) is 57.6 Å². The van der Waals surface area contributed by atoms with Crippen molar-refractivity contribution < 1.29 is 19.4 Å². The number of carbonyl (C=O) groups is 2. The zero-order valence-corrected chi connectivity index (χ0v) is 14.1. The number of aliphatic hydroxyl groups is 1. The topological polar surface area (TPSA) is 75.6 Å². The first kappa shape index (κ1) is 16.8. The van der Waals surface area contributed by atoms with Crippen molar-refractivity contribution in [3.8, 4) is 5.75 Å². The van der Waals surface area contributed by atoms with Crippen LogP contribution in [0.2, 0.25) is 10.0 Å². The predicted molar refractivity (Wildman–Crippen MR) is 90.8 cm³/mol. The van der Waals surface area contributed by atoms with E-state index in [0.29, 0.717) is 17.6 Å². The summed E-state index contributed by atoms with van der Waals surface area (Å²) in [5.41, 5.74) is -1.37. The Morgan fingerprint density at radius 3 is 2.38 bits per heavy atom. The van der Waals surface area contributed by atoms with Crippen LogP contribution in [0.3, 0.4) is 0 Å². The summed E-state index contributed by atoms with van der Waals surface area (Å²) in [5, 5.41) is 14.0. The first-order valence-electron chi connectivity index (χ1n) is 7.05. The Morgan fingerprint density at radius 2 is 1.79 bits per heavy atom. The largest absolute Gasteiger partial charge is 0.497 e. The Balaban J connectivity index is 2.17. The van der Waals surface area contributed by atoms with Gasteiger partial charge in [0.25, 0.3) is 5.91 Å². The molecule has 3 rings (SSSR count). The van der Waals surface area contributed by atoms with Gasteiger partial charge in [0, 0.05) is 10.6 Å². The molecule has 0 aromatic heterocycles. The van der Waals surface area contributed by atoms with E-state index in [1.807, 2.05) is 0 Å². The van der Waals surface area contributed by atoms with Crippen LogP contribution in [0.1, 0.15) is 17.0 Å². The number of halogens is 2. The molecule has 1 aliphatic rings. The van der Waals surface area contributed by atoms with Crippen molar-refractivity contribution in [1.29, 1.82) is 0 Å². The Bertz CT molecular complexity index is 822. The number of fused-ring (bicyclic) bond motifs is 1. The van der Waals surface area contributed by atoms with Crippen molar-refractivity contribution in [1.82, 2.24) is 0 Å². The van der Waals surface area contributed by atoms with Crippen LogP contribution >= 0.6 is 23.2 Å². The number of anilines is 1. The van der Waals surface area contributed by atoms with Crippen LogP contribution in [0.5, 0.6) is 5.75 Å². The summed E-state index contributed by atoms with van der Waals surface area (Å²) in [6, 6.07) is 9.49. The minimum absolute atomic E-state index is 0.106. The van der Waals surface area contributed by atoms with Crippen molar-refractivity contribution >= 4 is 41.1 Å². The molecule has 7 heteroatoms. The van der Waals surface area contributed by atoms with Gasteiger partial charge in [-0.05, 0) is 29.8 Å². The Hall–Kier alpha value is -2.08. The highest BCUT2D eigenvalue weighted by atomic mass is 35.5. The molecule has 24 heavy (non-hydrogen) atoms. The maximum Gasteiger partial charge on any atom is 0.262 e. The highest BCUT2D eigenvalue weighted by molar-refractivity contribution is 6.38. The van der Waals surface area contributed by atoms with Gasteiger partial charge in [-0.25, -0.2) is 0 Å². The Labute approximate surface area is 148 Å². The van der Waals surface area contributed by atoms with Gasteiger partial charge in [-0.3, -0.25) is 4.79 Å². The van der Waals surface area contributed by atoms with Crippen LogP contribution in [0.15, 0.2) is 36.4 Å². The number of hydrogen-bond acceptors (Lipinski definition) is 4. The second-order valence-electron chi connectivity index (χ2n) is 5.39. The molecule has 0 radical (unpaired) electrons. The van der Waals surface area contributed by atoms with Crippen LogP contribution in [0.25, 0.3) is 0 Å². The maximum absolute atomic E-state index is 12.5. The number of amides is 1. The lowest BCUT2D eigenvalue weighted by molar-refractivity contribution is -0.139. The molecule has 124 valence electrons. The molecule has 0 saturated heterocycles. The molecule has 1 aliphatic heterocycles. The molecule has 0 fully saturated rings. The predicted octanol–water partition coefficient (Wildman–Crippen LogP) is 3.12. The van der Waals surface area contributed by atoms with Crippen LogP contribution in [-0.4, -0.2) is 24.4 Å². The van der Waals surface area contributed by atoms with Gasteiger partial charge in [0.1, 0.15) is 12.0 Å². The number of nitrogens with one attached hydrogen (secondary N) is 1. The molecular weight excluding hydrogens is 353 g/mol. The zero-order chi connectivity index (χ0) is 17.5. The van der Waals surface area contributed by atoms with Crippen LogP contribution in [-0.2, 0) is 15.2 Å². The summed E-state index contributed by atoms with van der Waals surface area (Å²) in [5.74, 6) is -1.31. The van der Waals surface area contributed by atoms with E-state index < -0.39 is 17.4 Å². The third-order valence-corrected chi connectivity index (χ3v) is 4.76. The van der Waals surface area contributed by atoms with E-state index in [9.17, 15) is 14.7 Å². The van der Waals surface area contributed by atoms with Crippen LogP contribution in [0, 0.1) is 0 Å². The first-order chi connectivity index (χ1) is 11.4. The lowest BCUT2D eigenvalue weighted by Gasteiger charge is -2.28. The SMILES string of the molecule is COc1ccc(C(C=O)C2(O)C(=O)Nc3c(Cl)ccc(Cl)c32)cc1. The number of aldehydes is 1. The molecule has 1 amide bonds. The molecule has 5 nitrogen and oxygen atoms in total. The van der Waals surface area contributed by atoms with E-state index in [2.05, 4.69) is 5.32 Å². The monoisotopic (exact) mass is 365 g/mol. The standard InChI is InChI=1S/C17H13Cl2NO4/c1-24-10-4-2-9(3-5-10)11(8-21)17(23)14-12(18)6-7-13(19)15(14)20-16(17)22/h2-8,11,23H,1H3,(H,20,22). The van der Waals surface area contributed by atoms with Crippen molar-refractivity contribution in [2.45, 2.75) is 11.5 Å². The summed E-state index contributed by atoms with van der Waals surface area (Å²) in [6.45, 7) is 0. The molecule has 2 N–H and O–H groups in total. The number of ether oxygens (including phenoxy) is 1. The van der Waals surface area contributed by atoms with Gasteiger partial charge in [-0.2, -0.15) is 0 Å². The van der Waals surface area contributed by atoms with Gasteiger partial charge in [-0.15, -0.1) is 0 Å². The van der Waals surface area contributed by atoms with Crippen molar-refractivity contribution in [3.63, 3.8) is 0 Å². The number of hydrogen-bond donors (Lipinski definition) is 2.